The van der Waals surface area contributed by atoms with Crippen molar-refractivity contribution in [3.63, 3.8) is 0 Å². The molecular weight excluding hydrogens is 198 g/mol. The van der Waals surface area contributed by atoms with Gasteiger partial charge in [-0.1, -0.05) is 11.8 Å². The van der Waals surface area contributed by atoms with E-state index in [9.17, 15) is 0 Å². The summed E-state index contributed by atoms with van der Waals surface area (Å²) >= 11 is 1.70. The second-order valence-electron chi connectivity index (χ2n) is 2.87. The molecule has 2 rings (SSSR count). The fourth-order valence-electron chi connectivity index (χ4n) is 1.09. The Hall–Kier alpha value is -1.30. The van der Waals surface area contributed by atoms with Crippen LogP contribution in [-0.4, -0.2) is 30.7 Å². The molecule has 2 heterocycles. The summed E-state index contributed by atoms with van der Waals surface area (Å²) in [5.41, 5.74) is 1.22. The summed E-state index contributed by atoms with van der Waals surface area (Å²) in [6.45, 7) is 0. The zero-order chi connectivity index (χ0) is 9.80. The van der Waals surface area contributed by atoms with E-state index in [2.05, 4.69) is 20.3 Å². The van der Waals surface area contributed by atoms with Crippen molar-refractivity contribution < 1.29 is 0 Å². The molecule has 0 unspecified atom stereocenters. The summed E-state index contributed by atoms with van der Waals surface area (Å²) in [6, 6.07) is 0. The maximum absolute atomic E-state index is 4.13. The minimum Gasteiger partial charge on any atom is -0.285 e. The van der Waals surface area contributed by atoms with Crippen molar-refractivity contribution in [1.82, 2.24) is 25.0 Å². The van der Waals surface area contributed by atoms with Crippen LogP contribution in [0.1, 0.15) is 5.56 Å². The van der Waals surface area contributed by atoms with Gasteiger partial charge in [0.05, 0.1) is 6.20 Å². The topological polar surface area (TPSA) is 59.4 Å². The molecule has 5 nitrogen and oxygen atoms in total. The fourth-order valence-corrected chi connectivity index (χ4v) is 1.97. The van der Waals surface area contributed by atoms with Gasteiger partial charge in [-0.2, -0.15) is 10.2 Å². The molecule has 0 spiro atoms. The minimum absolute atomic E-state index is 0.952. The number of hydrogen-bond donors (Lipinski definition) is 1. The van der Waals surface area contributed by atoms with Crippen molar-refractivity contribution in [2.75, 3.05) is 5.75 Å². The first-order valence-electron chi connectivity index (χ1n) is 4.31. The van der Waals surface area contributed by atoms with Crippen LogP contribution in [0.15, 0.2) is 23.9 Å². The maximum Gasteiger partial charge on any atom is 0.185 e. The third kappa shape index (κ3) is 2.14. The molecule has 6 heteroatoms. The fraction of sp³-hybridized carbons (Fsp3) is 0.375. The van der Waals surface area contributed by atoms with Gasteiger partial charge in [-0.25, -0.2) is 9.67 Å². The molecule has 0 saturated heterocycles. The van der Waals surface area contributed by atoms with Crippen molar-refractivity contribution in [3.8, 4) is 0 Å². The van der Waals surface area contributed by atoms with Crippen molar-refractivity contribution in [2.45, 2.75) is 11.6 Å². The van der Waals surface area contributed by atoms with E-state index < -0.39 is 0 Å². The summed E-state index contributed by atoms with van der Waals surface area (Å²) in [5, 5.41) is 11.6. The highest BCUT2D eigenvalue weighted by Gasteiger charge is 2.01. The van der Waals surface area contributed by atoms with Crippen LogP contribution in [0, 0.1) is 0 Å². The number of thioether (sulfide) groups is 1. The lowest BCUT2D eigenvalue weighted by Gasteiger charge is -1.98. The number of aromatic nitrogens is 5. The van der Waals surface area contributed by atoms with Crippen molar-refractivity contribution in [1.29, 1.82) is 0 Å². The number of nitrogens with zero attached hydrogens (tertiary/aromatic N) is 4. The SMILES string of the molecule is Cn1ncnc1SCCc1cn[nH]c1. The monoisotopic (exact) mass is 209 g/mol. The van der Waals surface area contributed by atoms with E-state index >= 15 is 0 Å². The molecule has 0 aliphatic heterocycles. The molecule has 14 heavy (non-hydrogen) atoms. The van der Waals surface area contributed by atoms with E-state index in [0.29, 0.717) is 0 Å². The van der Waals surface area contributed by atoms with E-state index in [4.69, 9.17) is 0 Å². The molecule has 0 saturated carbocycles. The molecule has 2 aromatic rings. The van der Waals surface area contributed by atoms with Crippen molar-refractivity contribution in [3.05, 3.63) is 24.3 Å². The normalized spacial score (nSPS) is 10.6. The second kappa shape index (κ2) is 4.28. The Bertz CT molecular complexity index is 380. The van der Waals surface area contributed by atoms with Crippen LogP contribution in [-0.2, 0) is 13.5 Å². The van der Waals surface area contributed by atoms with Crippen LogP contribution in [0.25, 0.3) is 0 Å². The number of aryl methyl sites for hydroxylation is 2. The van der Waals surface area contributed by atoms with Crippen LogP contribution in [0.5, 0.6) is 0 Å². The molecule has 0 bridgehead atoms. The van der Waals surface area contributed by atoms with E-state index in [1.807, 2.05) is 19.4 Å². The highest BCUT2D eigenvalue weighted by atomic mass is 32.2. The highest BCUT2D eigenvalue weighted by Crippen LogP contribution is 2.14. The standard InChI is InChI=1S/C8H11N5S/c1-13-8(9-6-12-13)14-3-2-7-4-10-11-5-7/h4-6H,2-3H2,1H3,(H,10,11). The van der Waals surface area contributed by atoms with E-state index in [-0.39, 0.29) is 0 Å². The quantitative estimate of drug-likeness (QED) is 0.759. The van der Waals surface area contributed by atoms with Crippen LogP contribution < -0.4 is 0 Å². The maximum atomic E-state index is 4.13. The van der Waals surface area contributed by atoms with Gasteiger partial charge in [0.25, 0.3) is 0 Å². The third-order valence-electron chi connectivity index (χ3n) is 1.85. The number of H-pyrrole nitrogens is 1. The van der Waals surface area contributed by atoms with Gasteiger partial charge in [0, 0.05) is 19.0 Å². The Morgan fingerprint density at radius 2 is 2.50 bits per heavy atom. The molecule has 0 radical (unpaired) electrons. The van der Waals surface area contributed by atoms with Crippen LogP contribution in [0.3, 0.4) is 0 Å². The van der Waals surface area contributed by atoms with Crippen LogP contribution in [0.4, 0.5) is 0 Å². The zero-order valence-electron chi connectivity index (χ0n) is 7.84. The average molecular weight is 209 g/mol. The highest BCUT2D eigenvalue weighted by molar-refractivity contribution is 7.99. The van der Waals surface area contributed by atoms with E-state index in [1.165, 1.54) is 5.56 Å². The minimum atomic E-state index is 0.952. The number of nitrogens with one attached hydrogen (secondary N) is 1. The predicted molar refractivity (Wildman–Crippen MR) is 54.0 cm³/mol. The zero-order valence-corrected chi connectivity index (χ0v) is 8.66. The first-order chi connectivity index (χ1) is 6.86. The van der Waals surface area contributed by atoms with Gasteiger partial charge in [-0.05, 0) is 12.0 Å². The largest absolute Gasteiger partial charge is 0.285 e. The lowest BCUT2D eigenvalue weighted by molar-refractivity contribution is 0.685. The molecule has 74 valence electrons. The summed E-state index contributed by atoms with van der Waals surface area (Å²) in [7, 11) is 1.90. The molecule has 0 fully saturated rings. The van der Waals surface area contributed by atoms with Crippen LogP contribution in [0.2, 0.25) is 0 Å². The van der Waals surface area contributed by atoms with Crippen molar-refractivity contribution >= 4 is 11.8 Å². The van der Waals surface area contributed by atoms with E-state index in [0.717, 1.165) is 17.3 Å². The molecule has 0 aliphatic rings. The third-order valence-corrected chi connectivity index (χ3v) is 2.88. The smallest absolute Gasteiger partial charge is 0.185 e. The summed E-state index contributed by atoms with van der Waals surface area (Å²) in [4.78, 5) is 4.13. The Balaban J connectivity index is 1.81. The molecule has 0 atom stereocenters. The van der Waals surface area contributed by atoms with Gasteiger partial charge in [0.1, 0.15) is 6.33 Å². The van der Waals surface area contributed by atoms with Crippen molar-refractivity contribution in [2.24, 2.45) is 7.05 Å². The van der Waals surface area contributed by atoms with Gasteiger partial charge in [-0.3, -0.25) is 5.10 Å². The Morgan fingerprint density at radius 3 is 3.14 bits per heavy atom. The molecular formula is C8H11N5S. The Kier molecular flexibility index (Phi) is 2.83. The first kappa shape index (κ1) is 9.26. The number of rotatable bonds is 4. The number of aromatic amines is 1. The molecule has 1 N–H and O–H groups in total. The van der Waals surface area contributed by atoms with Gasteiger partial charge >= 0.3 is 0 Å². The second-order valence-corrected chi connectivity index (χ2v) is 3.93. The lowest BCUT2D eigenvalue weighted by atomic mass is 10.3. The Morgan fingerprint density at radius 1 is 1.57 bits per heavy atom. The number of hydrogen-bond acceptors (Lipinski definition) is 4. The average Bonchev–Trinajstić information content (AvgIpc) is 2.78. The first-order valence-corrected chi connectivity index (χ1v) is 5.29. The summed E-state index contributed by atoms with van der Waals surface area (Å²) in [6.07, 6.45) is 6.32. The predicted octanol–water partition coefficient (Wildman–Crippen LogP) is 0.873. The molecule has 0 aliphatic carbocycles. The lowest BCUT2D eigenvalue weighted by Crippen LogP contribution is -1.94. The van der Waals surface area contributed by atoms with Gasteiger partial charge in [-0.15, -0.1) is 0 Å². The van der Waals surface area contributed by atoms with Gasteiger partial charge < -0.3 is 0 Å². The molecule has 0 amide bonds. The van der Waals surface area contributed by atoms with Gasteiger partial charge in [0.15, 0.2) is 5.16 Å². The summed E-state index contributed by atoms with van der Waals surface area (Å²) < 4.78 is 1.78. The van der Waals surface area contributed by atoms with E-state index in [1.54, 1.807) is 22.8 Å². The summed E-state index contributed by atoms with van der Waals surface area (Å²) in [5.74, 6) is 0.992. The molecule has 2 aromatic heterocycles. The van der Waals surface area contributed by atoms with Gasteiger partial charge in [0.2, 0.25) is 0 Å². The van der Waals surface area contributed by atoms with Crippen LogP contribution >= 0.6 is 11.8 Å². The molecule has 0 aromatic carbocycles. The Labute approximate surface area is 85.9 Å².